The van der Waals surface area contributed by atoms with Gasteiger partial charge in [0.15, 0.2) is 0 Å². The van der Waals surface area contributed by atoms with Crippen molar-refractivity contribution < 1.29 is 9.59 Å². The van der Waals surface area contributed by atoms with Crippen LogP contribution in [0.1, 0.15) is 31.8 Å². The zero-order valence-corrected chi connectivity index (χ0v) is 15.9. The predicted octanol–water partition coefficient (Wildman–Crippen LogP) is 2.72. The van der Waals surface area contributed by atoms with E-state index in [9.17, 15) is 9.59 Å². The molecule has 0 saturated carbocycles. The molecular weight excluding hydrogens is 338 g/mol. The summed E-state index contributed by atoms with van der Waals surface area (Å²) in [6.07, 6.45) is 0. The lowest BCUT2D eigenvalue weighted by atomic mass is 10.1. The Balaban J connectivity index is 1.34. The smallest absolute Gasteiger partial charge is 0.261 e. The van der Waals surface area contributed by atoms with Crippen molar-refractivity contribution in [2.75, 3.05) is 44.2 Å². The highest BCUT2D eigenvalue weighted by Gasteiger charge is 2.35. The summed E-state index contributed by atoms with van der Waals surface area (Å²) in [6, 6.07) is 13.5. The van der Waals surface area contributed by atoms with E-state index in [1.807, 2.05) is 0 Å². The second-order valence-corrected chi connectivity index (χ2v) is 7.36. The Kier molecular flexibility index (Phi) is 4.70. The Morgan fingerprint density at radius 3 is 2.04 bits per heavy atom. The molecule has 1 fully saturated rings. The van der Waals surface area contributed by atoms with Crippen molar-refractivity contribution in [3.63, 3.8) is 0 Å². The highest BCUT2D eigenvalue weighted by molar-refractivity contribution is 6.21. The number of rotatable bonds is 4. The lowest BCUT2D eigenvalue weighted by Gasteiger charge is -2.37. The number of aryl methyl sites for hydroxylation is 1. The molecular formula is C22H25N3O2. The monoisotopic (exact) mass is 363 g/mol. The molecule has 5 heteroatoms. The third-order valence-corrected chi connectivity index (χ3v) is 5.81. The van der Waals surface area contributed by atoms with Gasteiger partial charge in [-0.05, 0) is 43.2 Å². The molecule has 0 aliphatic carbocycles. The molecule has 2 aliphatic rings. The number of piperazine rings is 1. The molecule has 0 radical (unpaired) electrons. The van der Waals surface area contributed by atoms with Gasteiger partial charge in [0.2, 0.25) is 0 Å². The minimum absolute atomic E-state index is 0.162. The molecule has 0 spiro atoms. The highest BCUT2D eigenvalue weighted by Crippen LogP contribution is 2.24. The van der Waals surface area contributed by atoms with Crippen LogP contribution < -0.4 is 4.90 Å². The van der Waals surface area contributed by atoms with E-state index < -0.39 is 0 Å². The molecule has 2 heterocycles. The summed E-state index contributed by atoms with van der Waals surface area (Å²) >= 11 is 0. The first-order valence-corrected chi connectivity index (χ1v) is 9.55. The maximum Gasteiger partial charge on any atom is 0.261 e. The molecule has 0 N–H and O–H groups in total. The first-order chi connectivity index (χ1) is 13.1. The first kappa shape index (κ1) is 17.7. The third-order valence-electron chi connectivity index (χ3n) is 5.81. The van der Waals surface area contributed by atoms with E-state index in [4.69, 9.17) is 0 Å². The Labute approximate surface area is 160 Å². The Morgan fingerprint density at radius 2 is 1.41 bits per heavy atom. The molecule has 0 atom stereocenters. The second kappa shape index (κ2) is 7.16. The van der Waals surface area contributed by atoms with E-state index in [1.54, 1.807) is 24.3 Å². The summed E-state index contributed by atoms with van der Waals surface area (Å²) < 4.78 is 0. The van der Waals surface area contributed by atoms with Gasteiger partial charge in [-0.25, -0.2) is 0 Å². The van der Waals surface area contributed by atoms with Gasteiger partial charge in [-0.1, -0.05) is 24.3 Å². The van der Waals surface area contributed by atoms with Gasteiger partial charge in [-0.2, -0.15) is 0 Å². The molecule has 0 aromatic heterocycles. The molecule has 2 amide bonds. The summed E-state index contributed by atoms with van der Waals surface area (Å²) in [4.78, 5) is 31.1. The molecule has 0 bridgehead atoms. The van der Waals surface area contributed by atoms with Crippen molar-refractivity contribution in [1.29, 1.82) is 0 Å². The van der Waals surface area contributed by atoms with E-state index in [1.165, 1.54) is 21.7 Å². The SMILES string of the molecule is Cc1cccc(N2CCN(CCN3C(=O)c4ccccc4C3=O)CC2)c1C. The van der Waals surface area contributed by atoms with Crippen molar-refractivity contribution in [2.24, 2.45) is 0 Å². The van der Waals surface area contributed by atoms with Gasteiger partial charge in [-0.15, -0.1) is 0 Å². The average Bonchev–Trinajstić information content (AvgIpc) is 2.94. The topological polar surface area (TPSA) is 43.9 Å². The van der Waals surface area contributed by atoms with Gasteiger partial charge in [0, 0.05) is 45.0 Å². The van der Waals surface area contributed by atoms with E-state index in [2.05, 4.69) is 41.8 Å². The molecule has 140 valence electrons. The van der Waals surface area contributed by atoms with Gasteiger partial charge in [-0.3, -0.25) is 19.4 Å². The Morgan fingerprint density at radius 1 is 0.778 bits per heavy atom. The van der Waals surface area contributed by atoms with Crippen LogP contribution >= 0.6 is 0 Å². The fourth-order valence-corrected chi connectivity index (χ4v) is 3.97. The molecule has 2 aliphatic heterocycles. The number of nitrogens with zero attached hydrogens (tertiary/aromatic N) is 3. The number of imide groups is 1. The minimum atomic E-state index is -0.162. The number of hydrogen-bond donors (Lipinski definition) is 0. The lowest BCUT2D eigenvalue weighted by Crippen LogP contribution is -2.49. The Bertz CT molecular complexity index is 850. The normalized spacial score (nSPS) is 17.6. The summed E-state index contributed by atoms with van der Waals surface area (Å²) in [5, 5.41) is 0. The minimum Gasteiger partial charge on any atom is -0.369 e. The predicted molar refractivity (Wildman–Crippen MR) is 106 cm³/mol. The largest absolute Gasteiger partial charge is 0.369 e. The molecule has 5 nitrogen and oxygen atoms in total. The van der Waals surface area contributed by atoms with Gasteiger partial charge in [0.05, 0.1) is 11.1 Å². The van der Waals surface area contributed by atoms with Crippen LogP contribution in [0, 0.1) is 13.8 Å². The van der Waals surface area contributed by atoms with Crippen LogP contribution in [-0.2, 0) is 0 Å². The van der Waals surface area contributed by atoms with Crippen molar-refractivity contribution in [1.82, 2.24) is 9.80 Å². The zero-order valence-electron chi connectivity index (χ0n) is 15.9. The molecule has 1 saturated heterocycles. The van der Waals surface area contributed by atoms with E-state index in [-0.39, 0.29) is 11.8 Å². The van der Waals surface area contributed by atoms with Crippen LogP contribution in [0.5, 0.6) is 0 Å². The van der Waals surface area contributed by atoms with Crippen LogP contribution in [0.2, 0.25) is 0 Å². The number of carbonyl (C=O) groups is 2. The van der Waals surface area contributed by atoms with Crippen LogP contribution in [0.25, 0.3) is 0 Å². The van der Waals surface area contributed by atoms with Crippen molar-refractivity contribution in [2.45, 2.75) is 13.8 Å². The molecule has 0 unspecified atom stereocenters. The van der Waals surface area contributed by atoms with E-state index in [0.29, 0.717) is 17.7 Å². The van der Waals surface area contributed by atoms with Crippen LogP contribution in [0.4, 0.5) is 5.69 Å². The van der Waals surface area contributed by atoms with Gasteiger partial charge < -0.3 is 4.90 Å². The second-order valence-electron chi connectivity index (χ2n) is 7.36. The Hall–Kier alpha value is -2.66. The van der Waals surface area contributed by atoms with Gasteiger partial charge in [0.1, 0.15) is 0 Å². The van der Waals surface area contributed by atoms with E-state index >= 15 is 0 Å². The van der Waals surface area contributed by atoms with Crippen molar-refractivity contribution >= 4 is 17.5 Å². The standard InChI is InChI=1S/C22H25N3O2/c1-16-6-5-9-20(17(16)2)24-13-10-23(11-14-24)12-15-25-21(26)18-7-3-4-8-19(18)22(25)27/h3-9H,10-15H2,1-2H3. The van der Waals surface area contributed by atoms with Crippen molar-refractivity contribution in [3.8, 4) is 0 Å². The maximum atomic E-state index is 12.5. The van der Waals surface area contributed by atoms with Gasteiger partial charge in [0.25, 0.3) is 11.8 Å². The molecule has 2 aromatic carbocycles. The average molecular weight is 363 g/mol. The van der Waals surface area contributed by atoms with Gasteiger partial charge >= 0.3 is 0 Å². The lowest BCUT2D eigenvalue weighted by molar-refractivity contribution is 0.0635. The number of carbonyl (C=O) groups excluding carboxylic acids is 2. The zero-order chi connectivity index (χ0) is 19.0. The number of benzene rings is 2. The number of amides is 2. The quantitative estimate of drug-likeness (QED) is 0.784. The first-order valence-electron chi connectivity index (χ1n) is 9.55. The number of anilines is 1. The molecule has 27 heavy (non-hydrogen) atoms. The fourth-order valence-electron chi connectivity index (χ4n) is 3.97. The molecule has 4 rings (SSSR count). The third kappa shape index (κ3) is 3.23. The summed E-state index contributed by atoms with van der Waals surface area (Å²) in [6.45, 7) is 9.32. The van der Waals surface area contributed by atoms with Crippen LogP contribution in [-0.4, -0.2) is 60.9 Å². The number of fused-ring (bicyclic) bond motifs is 1. The number of hydrogen-bond acceptors (Lipinski definition) is 4. The maximum absolute atomic E-state index is 12.5. The summed E-state index contributed by atoms with van der Waals surface area (Å²) in [5.41, 5.74) is 5.04. The highest BCUT2D eigenvalue weighted by atomic mass is 16.2. The molecule has 2 aromatic rings. The summed E-state index contributed by atoms with van der Waals surface area (Å²) in [5.74, 6) is -0.325. The summed E-state index contributed by atoms with van der Waals surface area (Å²) in [7, 11) is 0. The van der Waals surface area contributed by atoms with E-state index in [0.717, 1.165) is 32.7 Å². The van der Waals surface area contributed by atoms with Crippen LogP contribution in [0.15, 0.2) is 42.5 Å². The van der Waals surface area contributed by atoms with Crippen LogP contribution in [0.3, 0.4) is 0 Å². The fraction of sp³-hybridized carbons (Fsp3) is 0.364. The van der Waals surface area contributed by atoms with Crippen molar-refractivity contribution in [3.05, 3.63) is 64.7 Å².